The van der Waals surface area contributed by atoms with Gasteiger partial charge in [0, 0.05) is 18.0 Å². The number of hydrogen-bond acceptors (Lipinski definition) is 4. The van der Waals surface area contributed by atoms with Crippen molar-refractivity contribution < 1.29 is 19.1 Å². The van der Waals surface area contributed by atoms with Gasteiger partial charge in [0.1, 0.15) is 11.6 Å². The first kappa shape index (κ1) is 17.9. The van der Waals surface area contributed by atoms with Gasteiger partial charge in [-0.2, -0.15) is 0 Å². The highest BCUT2D eigenvalue weighted by Gasteiger charge is 2.32. The number of Topliss-reactive ketones (excluding diaryl/α,β-unsaturated/α-hetero) is 2. The van der Waals surface area contributed by atoms with Gasteiger partial charge in [-0.15, -0.1) is 0 Å². The maximum absolute atomic E-state index is 12.4. The van der Waals surface area contributed by atoms with E-state index in [9.17, 15) is 14.4 Å². The van der Waals surface area contributed by atoms with Crippen molar-refractivity contribution in [2.45, 2.75) is 39.7 Å². The van der Waals surface area contributed by atoms with Crippen molar-refractivity contribution in [3.63, 3.8) is 0 Å². The quantitative estimate of drug-likeness (QED) is 0.789. The van der Waals surface area contributed by atoms with Gasteiger partial charge in [0.25, 0.3) is 0 Å². The molecule has 128 valence electrons. The number of rotatable bonds is 4. The molecular weight excluding hydrogens is 306 g/mol. The van der Waals surface area contributed by atoms with Gasteiger partial charge in [-0.05, 0) is 17.2 Å². The van der Waals surface area contributed by atoms with Crippen LogP contribution in [0, 0.1) is 5.41 Å². The molecule has 0 saturated heterocycles. The summed E-state index contributed by atoms with van der Waals surface area (Å²) in [4.78, 5) is 37.9. The van der Waals surface area contributed by atoms with Crippen LogP contribution in [-0.2, 0) is 14.3 Å². The van der Waals surface area contributed by atoms with Crippen LogP contribution in [0.4, 0.5) is 4.79 Å². The van der Waals surface area contributed by atoms with Gasteiger partial charge in [0.05, 0.1) is 19.6 Å². The number of methoxy groups -OCH3 is 1. The van der Waals surface area contributed by atoms with Crippen molar-refractivity contribution in [1.29, 1.82) is 0 Å². The minimum Gasteiger partial charge on any atom is -0.452 e. The molecule has 5 heteroatoms. The second-order valence-corrected chi connectivity index (χ2v) is 6.93. The second-order valence-electron chi connectivity index (χ2n) is 6.93. The smallest absolute Gasteiger partial charge is 0.414 e. The number of nitrogens with zero attached hydrogens (tertiary/aromatic N) is 1. The minimum absolute atomic E-state index is 0.0816. The number of benzene rings is 1. The molecule has 1 unspecified atom stereocenters. The lowest BCUT2D eigenvalue weighted by Gasteiger charge is -2.32. The molecule has 1 atom stereocenters. The molecule has 0 fully saturated rings. The Bertz CT molecular complexity index is 685. The summed E-state index contributed by atoms with van der Waals surface area (Å²) in [5, 5.41) is 0. The van der Waals surface area contributed by atoms with Crippen LogP contribution >= 0.6 is 0 Å². The molecule has 0 aliphatic carbocycles. The van der Waals surface area contributed by atoms with Gasteiger partial charge >= 0.3 is 6.09 Å². The fourth-order valence-electron chi connectivity index (χ4n) is 2.61. The largest absolute Gasteiger partial charge is 0.452 e. The third kappa shape index (κ3) is 3.91. The number of ketones is 2. The summed E-state index contributed by atoms with van der Waals surface area (Å²) in [5.74, 6) is -0.282. The maximum Gasteiger partial charge on any atom is 0.414 e. The van der Waals surface area contributed by atoms with Crippen molar-refractivity contribution in [3.8, 4) is 0 Å². The van der Waals surface area contributed by atoms with E-state index in [0.29, 0.717) is 0 Å². The summed E-state index contributed by atoms with van der Waals surface area (Å²) in [5.41, 5.74) is 1.28. The zero-order chi connectivity index (χ0) is 17.9. The molecule has 1 aromatic carbocycles. The van der Waals surface area contributed by atoms with E-state index in [4.69, 9.17) is 4.74 Å². The number of ether oxygens (including phenoxy) is 1. The first-order chi connectivity index (χ1) is 11.2. The predicted molar refractivity (Wildman–Crippen MR) is 91.2 cm³/mol. The van der Waals surface area contributed by atoms with Crippen molar-refractivity contribution in [2.24, 2.45) is 5.41 Å². The standard InChI is InChI=1S/C19H23NO4/c1-19(2,3)17(22)12-14(21)11-16-15-8-6-5-7-13(15)9-10-20(16)18(23)24-4/h5-10,16H,11-12H2,1-4H3. The van der Waals surface area contributed by atoms with E-state index in [1.54, 1.807) is 27.0 Å². The zero-order valence-electron chi connectivity index (χ0n) is 14.5. The zero-order valence-corrected chi connectivity index (χ0v) is 14.5. The van der Waals surface area contributed by atoms with Crippen LogP contribution < -0.4 is 0 Å². The van der Waals surface area contributed by atoms with Crippen molar-refractivity contribution >= 4 is 23.7 Å². The van der Waals surface area contributed by atoms with Crippen LogP contribution in [0.2, 0.25) is 0 Å². The van der Waals surface area contributed by atoms with Gasteiger partial charge in [-0.1, -0.05) is 45.0 Å². The molecule has 2 rings (SSSR count). The topological polar surface area (TPSA) is 63.7 Å². The highest BCUT2D eigenvalue weighted by molar-refractivity contribution is 6.01. The molecule has 0 radical (unpaired) electrons. The highest BCUT2D eigenvalue weighted by Crippen LogP contribution is 2.34. The van der Waals surface area contributed by atoms with Crippen molar-refractivity contribution in [2.75, 3.05) is 7.11 Å². The van der Waals surface area contributed by atoms with E-state index >= 15 is 0 Å². The Hall–Kier alpha value is -2.43. The summed E-state index contributed by atoms with van der Waals surface area (Å²) in [7, 11) is 1.30. The van der Waals surface area contributed by atoms with E-state index in [1.807, 2.05) is 30.3 Å². The van der Waals surface area contributed by atoms with E-state index in [1.165, 1.54) is 12.0 Å². The number of carbonyl (C=O) groups is 3. The molecule has 0 aromatic heterocycles. The molecule has 0 bridgehead atoms. The van der Waals surface area contributed by atoms with Gasteiger partial charge in [0.15, 0.2) is 0 Å². The Morgan fingerprint density at radius 1 is 1.17 bits per heavy atom. The maximum atomic E-state index is 12.4. The average Bonchev–Trinajstić information content (AvgIpc) is 2.53. The molecule has 1 heterocycles. The van der Waals surface area contributed by atoms with Crippen molar-refractivity contribution in [3.05, 3.63) is 41.6 Å². The Labute approximate surface area is 142 Å². The van der Waals surface area contributed by atoms with Gasteiger partial charge in [0.2, 0.25) is 0 Å². The Kier molecular flexibility index (Phi) is 5.22. The lowest BCUT2D eigenvalue weighted by atomic mass is 9.86. The van der Waals surface area contributed by atoms with E-state index in [0.717, 1.165) is 11.1 Å². The normalized spacial score (nSPS) is 16.5. The van der Waals surface area contributed by atoms with E-state index in [2.05, 4.69) is 0 Å². The number of amides is 1. The molecule has 0 saturated carbocycles. The molecule has 0 N–H and O–H groups in total. The van der Waals surface area contributed by atoms with E-state index < -0.39 is 17.6 Å². The summed E-state index contributed by atoms with van der Waals surface area (Å²) in [6.07, 6.45) is 2.87. The summed E-state index contributed by atoms with van der Waals surface area (Å²) >= 11 is 0. The molecule has 24 heavy (non-hydrogen) atoms. The van der Waals surface area contributed by atoms with Crippen LogP contribution in [0.1, 0.15) is 50.8 Å². The fourth-order valence-corrected chi connectivity index (χ4v) is 2.61. The first-order valence-corrected chi connectivity index (χ1v) is 7.92. The molecule has 0 spiro atoms. The third-order valence-corrected chi connectivity index (χ3v) is 4.11. The Morgan fingerprint density at radius 2 is 1.83 bits per heavy atom. The molecule has 1 amide bonds. The monoisotopic (exact) mass is 329 g/mol. The van der Waals surface area contributed by atoms with Gasteiger partial charge < -0.3 is 4.74 Å². The molecule has 1 aromatic rings. The third-order valence-electron chi connectivity index (χ3n) is 4.11. The first-order valence-electron chi connectivity index (χ1n) is 7.92. The minimum atomic E-state index is -0.554. The molecular formula is C19H23NO4. The average molecular weight is 329 g/mol. The molecule has 1 aliphatic rings. The van der Waals surface area contributed by atoms with Crippen LogP contribution in [0.5, 0.6) is 0 Å². The van der Waals surface area contributed by atoms with Crippen LogP contribution in [-0.4, -0.2) is 29.7 Å². The lowest BCUT2D eigenvalue weighted by Crippen LogP contribution is -2.34. The Balaban J connectivity index is 2.23. The van der Waals surface area contributed by atoms with Crippen LogP contribution in [0.3, 0.4) is 0 Å². The molecule has 1 aliphatic heterocycles. The van der Waals surface area contributed by atoms with Crippen molar-refractivity contribution in [1.82, 2.24) is 4.90 Å². The summed E-state index contributed by atoms with van der Waals surface area (Å²) in [6, 6.07) is 7.12. The lowest BCUT2D eigenvalue weighted by molar-refractivity contribution is -0.132. The summed E-state index contributed by atoms with van der Waals surface area (Å²) < 4.78 is 4.81. The van der Waals surface area contributed by atoms with Crippen LogP contribution in [0.25, 0.3) is 6.08 Å². The predicted octanol–water partition coefficient (Wildman–Crippen LogP) is 3.74. The SMILES string of the molecule is COC(=O)N1C=Cc2ccccc2C1CC(=O)CC(=O)C(C)(C)C. The van der Waals surface area contributed by atoms with E-state index in [-0.39, 0.29) is 24.4 Å². The highest BCUT2D eigenvalue weighted by atomic mass is 16.5. The van der Waals surface area contributed by atoms with Crippen LogP contribution in [0.15, 0.2) is 30.5 Å². The van der Waals surface area contributed by atoms with Gasteiger partial charge in [-0.25, -0.2) is 4.79 Å². The van der Waals surface area contributed by atoms with Gasteiger partial charge in [-0.3, -0.25) is 14.5 Å². The number of carbonyl (C=O) groups excluding carboxylic acids is 3. The fraction of sp³-hybridized carbons (Fsp3) is 0.421. The summed E-state index contributed by atoms with van der Waals surface area (Å²) in [6.45, 7) is 5.38. The number of fused-ring (bicyclic) bond motifs is 1. The molecule has 5 nitrogen and oxygen atoms in total. The Morgan fingerprint density at radius 3 is 2.46 bits per heavy atom. The number of hydrogen-bond donors (Lipinski definition) is 0. The second kappa shape index (κ2) is 6.99.